The molecule has 1 N–H and O–H groups in total. The number of fused-ring (bicyclic) bond motifs is 1. The van der Waals surface area contributed by atoms with Crippen LogP contribution in [0.25, 0.3) is 0 Å². The zero-order valence-corrected chi connectivity index (χ0v) is 12.3. The summed E-state index contributed by atoms with van der Waals surface area (Å²) in [6.45, 7) is 3.50. The first-order valence-corrected chi connectivity index (χ1v) is 6.93. The Labute approximate surface area is 119 Å². The molecular formula is C16H21NO3. The smallest absolute Gasteiger partial charge is 0.309 e. The van der Waals surface area contributed by atoms with Gasteiger partial charge in [0.05, 0.1) is 5.41 Å². The zero-order chi connectivity index (χ0) is 14.9. The minimum atomic E-state index is -0.763. The molecular weight excluding hydrogens is 254 g/mol. The van der Waals surface area contributed by atoms with E-state index in [-0.39, 0.29) is 5.91 Å². The van der Waals surface area contributed by atoms with Crippen molar-refractivity contribution in [3.05, 3.63) is 29.3 Å². The summed E-state index contributed by atoms with van der Waals surface area (Å²) in [7, 11) is 1.80. The zero-order valence-electron chi connectivity index (χ0n) is 12.3. The second-order valence-corrected chi connectivity index (χ2v) is 6.10. The lowest BCUT2D eigenvalue weighted by atomic mass is 9.86. The van der Waals surface area contributed by atoms with Gasteiger partial charge in [-0.25, -0.2) is 0 Å². The van der Waals surface area contributed by atoms with Crippen LogP contribution in [0.4, 0.5) is 5.69 Å². The van der Waals surface area contributed by atoms with Gasteiger partial charge < -0.3 is 10.0 Å². The van der Waals surface area contributed by atoms with Crippen molar-refractivity contribution in [1.82, 2.24) is 0 Å². The summed E-state index contributed by atoms with van der Waals surface area (Å²) < 4.78 is 0. The molecule has 0 atom stereocenters. The average Bonchev–Trinajstić information content (AvgIpc) is 2.40. The third kappa shape index (κ3) is 2.84. The average molecular weight is 275 g/mol. The predicted octanol–water partition coefficient (Wildman–Crippen LogP) is 2.64. The van der Waals surface area contributed by atoms with Crippen LogP contribution in [0.3, 0.4) is 0 Å². The lowest BCUT2D eigenvalue weighted by Gasteiger charge is -2.26. The Morgan fingerprint density at radius 2 is 2.05 bits per heavy atom. The van der Waals surface area contributed by atoms with Crippen LogP contribution in [0.2, 0.25) is 0 Å². The molecule has 0 saturated carbocycles. The molecule has 108 valence electrons. The first kappa shape index (κ1) is 14.6. The number of aliphatic carboxylic acids is 1. The summed E-state index contributed by atoms with van der Waals surface area (Å²) >= 11 is 0. The molecule has 0 aromatic heterocycles. The van der Waals surface area contributed by atoms with Crippen LogP contribution in [0.15, 0.2) is 18.2 Å². The van der Waals surface area contributed by atoms with Crippen LogP contribution < -0.4 is 4.90 Å². The van der Waals surface area contributed by atoms with Crippen molar-refractivity contribution in [2.75, 3.05) is 11.9 Å². The van der Waals surface area contributed by atoms with Gasteiger partial charge >= 0.3 is 5.97 Å². The Bertz CT molecular complexity index is 549. The van der Waals surface area contributed by atoms with E-state index in [1.165, 1.54) is 5.56 Å². The molecule has 4 heteroatoms. The van der Waals surface area contributed by atoms with Gasteiger partial charge in [0.1, 0.15) is 0 Å². The van der Waals surface area contributed by atoms with Gasteiger partial charge in [0.2, 0.25) is 5.91 Å². The van der Waals surface area contributed by atoms with Gasteiger partial charge in [-0.1, -0.05) is 12.1 Å². The summed E-state index contributed by atoms with van der Waals surface area (Å²) in [5.74, 6) is -0.613. The van der Waals surface area contributed by atoms with Crippen molar-refractivity contribution in [2.24, 2.45) is 5.41 Å². The maximum atomic E-state index is 11.6. The highest BCUT2D eigenvalue weighted by molar-refractivity contribution is 5.95. The first-order chi connectivity index (χ1) is 9.31. The van der Waals surface area contributed by atoms with Crippen molar-refractivity contribution in [3.8, 4) is 0 Å². The van der Waals surface area contributed by atoms with E-state index in [0.29, 0.717) is 12.8 Å². The lowest BCUT2D eigenvalue weighted by molar-refractivity contribution is -0.147. The van der Waals surface area contributed by atoms with E-state index in [1.807, 2.05) is 12.1 Å². The topological polar surface area (TPSA) is 57.6 Å². The lowest BCUT2D eigenvalue weighted by Crippen LogP contribution is -2.31. The summed E-state index contributed by atoms with van der Waals surface area (Å²) in [5, 5.41) is 9.13. The monoisotopic (exact) mass is 275 g/mol. The Morgan fingerprint density at radius 1 is 1.35 bits per heavy atom. The molecule has 1 aliphatic rings. The van der Waals surface area contributed by atoms with Gasteiger partial charge in [-0.2, -0.15) is 0 Å². The number of carbonyl (C=O) groups is 2. The standard InChI is InChI=1S/C16H21NO3/c1-16(2,15(19)20)9-8-11-4-6-13-12(10-11)5-7-14(18)17(13)3/h4,6,10H,5,7-9H2,1-3H3,(H,19,20). The molecule has 0 saturated heterocycles. The maximum Gasteiger partial charge on any atom is 0.309 e. The van der Waals surface area contributed by atoms with E-state index in [9.17, 15) is 9.59 Å². The molecule has 20 heavy (non-hydrogen) atoms. The van der Waals surface area contributed by atoms with Crippen LogP contribution >= 0.6 is 0 Å². The second-order valence-electron chi connectivity index (χ2n) is 6.10. The van der Waals surface area contributed by atoms with Crippen LogP contribution in [0.5, 0.6) is 0 Å². The molecule has 1 aromatic carbocycles. The number of amides is 1. The van der Waals surface area contributed by atoms with Gasteiger partial charge in [-0.3, -0.25) is 9.59 Å². The van der Waals surface area contributed by atoms with E-state index in [4.69, 9.17) is 5.11 Å². The van der Waals surface area contributed by atoms with E-state index in [1.54, 1.807) is 25.8 Å². The minimum absolute atomic E-state index is 0.150. The third-order valence-electron chi connectivity index (χ3n) is 4.11. The molecule has 0 spiro atoms. The molecule has 0 fully saturated rings. The first-order valence-electron chi connectivity index (χ1n) is 6.93. The van der Waals surface area contributed by atoms with E-state index in [0.717, 1.165) is 24.1 Å². The summed E-state index contributed by atoms with van der Waals surface area (Å²) in [4.78, 5) is 24.4. The highest BCUT2D eigenvalue weighted by atomic mass is 16.4. The summed E-state index contributed by atoms with van der Waals surface area (Å²) in [6, 6.07) is 6.07. The van der Waals surface area contributed by atoms with Crippen molar-refractivity contribution >= 4 is 17.6 Å². The molecule has 1 aliphatic heterocycles. The van der Waals surface area contributed by atoms with Crippen LogP contribution in [0, 0.1) is 5.41 Å². The van der Waals surface area contributed by atoms with Gasteiger partial charge in [0.15, 0.2) is 0 Å². The van der Waals surface area contributed by atoms with Crippen LogP contribution in [-0.4, -0.2) is 24.0 Å². The van der Waals surface area contributed by atoms with Crippen LogP contribution in [-0.2, 0) is 22.4 Å². The maximum absolute atomic E-state index is 11.6. The number of hydrogen-bond donors (Lipinski definition) is 1. The highest BCUT2D eigenvalue weighted by Crippen LogP contribution is 2.29. The van der Waals surface area contributed by atoms with Crippen molar-refractivity contribution in [1.29, 1.82) is 0 Å². The number of anilines is 1. The molecule has 0 aliphatic carbocycles. The fraction of sp³-hybridized carbons (Fsp3) is 0.500. The second kappa shape index (κ2) is 5.27. The fourth-order valence-corrected chi connectivity index (χ4v) is 2.43. The van der Waals surface area contributed by atoms with Gasteiger partial charge in [-0.05, 0) is 50.3 Å². The van der Waals surface area contributed by atoms with E-state index < -0.39 is 11.4 Å². The number of carboxylic acid groups (broad SMARTS) is 1. The SMILES string of the molecule is CN1C(=O)CCc2cc(CCC(C)(C)C(=O)O)ccc21. The number of rotatable bonds is 4. The Hall–Kier alpha value is -1.84. The van der Waals surface area contributed by atoms with Gasteiger partial charge in [-0.15, -0.1) is 0 Å². The van der Waals surface area contributed by atoms with E-state index >= 15 is 0 Å². The molecule has 4 nitrogen and oxygen atoms in total. The van der Waals surface area contributed by atoms with Gasteiger partial charge in [0, 0.05) is 19.2 Å². The van der Waals surface area contributed by atoms with Crippen molar-refractivity contribution < 1.29 is 14.7 Å². The normalized spacial score (nSPS) is 15.2. The number of aryl methyl sites for hydroxylation is 2. The quantitative estimate of drug-likeness (QED) is 0.919. The Morgan fingerprint density at radius 3 is 2.70 bits per heavy atom. The number of carbonyl (C=O) groups excluding carboxylic acids is 1. The molecule has 0 unspecified atom stereocenters. The predicted molar refractivity (Wildman–Crippen MR) is 77.9 cm³/mol. The number of benzene rings is 1. The largest absolute Gasteiger partial charge is 0.481 e. The minimum Gasteiger partial charge on any atom is -0.481 e. The number of hydrogen-bond acceptors (Lipinski definition) is 2. The Balaban J connectivity index is 2.13. The summed E-state index contributed by atoms with van der Waals surface area (Å²) in [6.07, 6.45) is 2.67. The van der Waals surface area contributed by atoms with Crippen molar-refractivity contribution in [3.63, 3.8) is 0 Å². The molecule has 1 aromatic rings. The molecule has 2 rings (SSSR count). The molecule has 1 amide bonds. The highest BCUT2D eigenvalue weighted by Gasteiger charge is 2.27. The number of nitrogens with zero attached hydrogens (tertiary/aromatic N) is 1. The van der Waals surface area contributed by atoms with Gasteiger partial charge in [0.25, 0.3) is 0 Å². The fourth-order valence-electron chi connectivity index (χ4n) is 2.43. The molecule has 0 bridgehead atoms. The van der Waals surface area contributed by atoms with Crippen molar-refractivity contribution in [2.45, 2.75) is 39.5 Å². The molecule has 1 heterocycles. The van der Waals surface area contributed by atoms with Crippen LogP contribution in [0.1, 0.15) is 37.8 Å². The van der Waals surface area contributed by atoms with E-state index in [2.05, 4.69) is 6.07 Å². The third-order valence-corrected chi connectivity index (χ3v) is 4.11. The summed E-state index contributed by atoms with van der Waals surface area (Å²) in [5.41, 5.74) is 2.59. The Kier molecular flexibility index (Phi) is 3.84. The molecule has 0 radical (unpaired) electrons. The number of carboxylic acids is 1.